The fourth-order valence-corrected chi connectivity index (χ4v) is 1.97. The van der Waals surface area contributed by atoms with Gasteiger partial charge >= 0.3 is 12.2 Å². The number of aliphatic imine (C=N–C) groups is 1. The zero-order valence-corrected chi connectivity index (χ0v) is 14.6. The van der Waals surface area contributed by atoms with Gasteiger partial charge in [0.05, 0.1) is 0 Å². The van der Waals surface area contributed by atoms with Crippen molar-refractivity contribution in [2.45, 2.75) is 13.2 Å². The Morgan fingerprint density at radius 1 is 0.920 bits per heavy atom. The number of hydrogen-bond acceptors (Lipinski definition) is 4. The molecule has 0 aliphatic heterocycles. The zero-order valence-electron chi connectivity index (χ0n) is 13.7. The van der Waals surface area contributed by atoms with Crippen molar-refractivity contribution < 1.29 is 19.1 Å². The lowest BCUT2D eigenvalue weighted by atomic mass is 10.2. The van der Waals surface area contributed by atoms with Crippen LogP contribution in [0.3, 0.4) is 0 Å². The Morgan fingerprint density at radius 2 is 1.40 bits per heavy atom. The normalized spacial score (nSPS) is 10.9. The minimum Gasteiger partial charge on any atom is -0.444 e. The van der Waals surface area contributed by atoms with Crippen molar-refractivity contribution in [3.63, 3.8) is 0 Å². The van der Waals surface area contributed by atoms with Crippen LogP contribution in [-0.4, -0.2) is 29.3 Å². The number of rotatable bonds is 4. The van der Waals surface area contributed by atoms with Gasteiger partial charge in [-0.1, -0.05) is 60.7 Å². The monoisotopic (exact) mass is 358 g/mol. The van der Waals surface area contributed by atoms with Gasteiger partial charge in [-0.25, -0.2) is 9.59 Å². The molecule has 0 bridgehead atoms. The van der Waals surface area contributed by atoms with Crippen molar-refractivity contribution >= 4 is 30.0 Å². The molecule has 0 saturated carbocycles. The molecule has 25 heavy (non-hydrogen) atoms. The molecule has 2 aromatic carbocycles. The van der Waals surface area contributed by atoms with Gasteiger partial charge in [0.15, 0.2) is 5.17 Å². The van der Waals surface area contributed by atoms with Crippen LogP contribution in [0.25, 0.3) is 0 Å². The number of thiol groups is 1. The maximum atomic E-state index is 11.9. The summed E-state index contributed by atoms with van der Waals surface area (Å²) in [4.78, 5) is 28.3. The number of carbonyl (C=O) groups excluding carboxylic acids is 2. The van der Waals surface area contributed by atoms with Crippen LogP contribution in [0, 0.1) is 0 Å². The number of ether oxygens (including phenoxy) is 2. The molecule has 0 spiro atoms. The van der Waals surface area contributed by atoms with E-state index in [4.69, 9.17) is 9.47 Å². The van der Waals surface area contributed by atoms with Gasteiger partial charge in [0.25, 0.3) is 0 Å². The van der Waals surface area contributed by atoms with E-state index in [1.165, 1.54) is 7.05 Å². The van der Waals surface area contributed by atoms with Crippen molar-refractivity contribution in [3.8, 4) is 0 Å². The summed E-state index contributed by atoms with van der Waals surface area (Å²) in [5.74, 6) is 0. The molecule has 2 rings (SSSR count). The molecule has 2 aromatic rings. The Labute approximate surface area is 151 Å². The lowest BCUT2D eigenvalue weighted by Crippen LogP contribution is -2.31. The van der Waals surface area contributed by atoms with Crippen LogP contribution in [0.2, 0.25) is 0 Å². The van der Waals surface area contributed by atoms with Gasteiger partial charge in [-0.15, -0.1) is 12.6 Å². The van der Waals surface area contributed by atoms with E-state index in [1.54, 1.807) is 0 Å². The summed E-state index contributed by atoms with van der Waals surface area (Å²) >= 11 is 4.04. The molecule has 0 radical (unpaired) electrons. The van der Waals surface area contributed by atoms with Crippen LogP contribution in [-0.2, 0) is 22.7 Å². The van der Waals surface area contributed by atoms with Gasteiger partial charge in [-0.2, -0.15) is 4.99 Å². The van der Waals surface area contributed by atoms with Gasteiger partial charge in [0, 0.05) is 7.05 Å². The molecular formula is C18H18N2O4S. The molecule has 0 atom stereocenters. The smallest absolute Gasteiger partial charge is 0.436 e. The van der Waals surface area contributed by atoms with E-state index < -0.39 is 12.2 Å². The number of nitrogens with zero attached hydrogens (tertiary/aromatic N) is 2. The Bertz CT molecular complexity index is 735. The van der Waals surface area contributed by atoms with Crippen LogP contribution in [0.4, 0.5) is 9.59 Å². The van der Waals surface area contributed by atoms with Crippen LogP contribution in [0.5, 0.6) is 0 Å². The second kappa shape index (κ2) is 9.48. The van der Waals surface area contributed by atoms with E-state index in [1.807, 2.05) is 60.7 Å². The summed E-state index contributed by atoms with van der Waals surface area (Å²) in [6, 6.07) is 18.4. The molecule has 6 nitrogen and oxygen atoms in total. The van der Waals surface area contributed by atoms with E-state index >= 15 is 0 Å². The largest absolute Gasteiger partial charge is 0.444 e. The first-order valence-corrected chi connectivity index (χ1v) is 7.93. The molecule has 2 amide bonds. The molecular weight excluding hydrogens is 340 g/mol. The SMILES string of the molecule is CN(C(=O)OCc1ccccc1)/C(S)=N/C(=O)OCc1ccccc1. The molecule has 0 aromatic heterocycles. The second-order valence-corrected chi connectivity index (χ2v) is 5.45. The highest BCUT2D eigenvalue weighted by Gasteiger charge is 2.15. The molecule has 0 N–H and O–H groups in total. The first kappa shape index (κ1) is 18.5. The summed E-state index contributed by atoms with van der Waals surface area (Å²) in [7, 11) is 1.41. The second-order valence-electron chi connectivity index (χ2n) is 5.05. The predicted octanol–water partition coefficient (Wildman–Crippen LogP) is 3.88. The highest BCUT2D eigenvalue weighted by Crippen LogP contribution is 2.06. The number of amidine groups is 1. The van der Waals surface area contributed by atoms with Crippen LogP contribution in [0.15, 0.2) is 65.7 Å². The minimum absolute atomic E-state index is 0.0897. The third kappa shape index (κ3) is 6.31. The van der Waals surface area contributed by atoms with Gasteiger partial charge < -0.3 is 9.47 Å². The molecule has 0 fully saturated rings. The lowest BCUT2D eigenvalue weighted by molar-refractivity contribution is 0.122. The average molecular weight is 358 g/mol. The van der Waals surface area contributed by atoms with E-state index in [-0.39, 0.29) is 18.4 Å². The summed E-state index contributed by atoms with van der Waals surface area (Å²) < 4.78 is 10.1. The minimum atomic E-state index is -0.837. The third-order valence-electron chi connectivity index (χ3n) is 3.18. The quantitative estimate of drug-likeness (QED) is 0.512. The number of benzene rings is 2. The number of hydrogen-bond donors (Lipinski definition) is 1. The standard InChI is InChI=1S/C18H18N2O4S/c1-20(18(22)24-13-15-10-6-3-7-11-15)16(25)19-17(21)23-12-14-8-4-2-5-9-14/h2-11H,12-13H2,1H3,(H,19,21,25). The Hall–Kier alpha value is -2.80. The summed E-state index contributed by atoms with van der Waals surface area (Å²) in [6.07, 6.45) is -1.51. The Morgan fingerprint density at radius 3 is 1.92 bits per heavy atom. The third-order valence-corrected chi connectivity index (χ3v) is 3.58. The zero-order chi connectivity index (χ0) is 18.1. The lowest BCUT2D eigenvalue weighted by Gasteiger charge is -2.15. The molecule has 7 heteroatoms. The first-order chi connectivity index (χ1) is 12.1. The van der Waals surface area contributed by atoms with Gasteiger partial charge in [0.2, 0.25) is 0 Å². The van der Waals surface area contributed by atoms with Gasteiger partial charge in [-0.3, -0.25) is 4.90 Å². The highest BCUT2D eigenvalue weighted by atomic mass is 32.1. The topological polar surface area (TPSA) is 68.2 Å². The van der Waals surface area contributed by atoms with Crippen molar-refractivity contribution in [2.75, 3.05) is 7.05 Å². The van der Waals surface area contributed by atoms with E-state index in [0.29, 0.717) is 0 Å². The maximum Gasteiger partial charge on any atom is 0.436 e. The van der Waals surface area contributed by atoms with Gasteiger partial charge in [-0.05, 0) is 11.1 Å². The van der Waals surface area contributed by atoms with Crippen molar-refractivity contribution in [3.05, 3.63) is 71.8 Å². The fraction of sp³-hybridized carbons (Fsp3) is 0.167. The maximum absolute atomic E-state index is 11.9. The molecule has 0 heterocycles. The molecule has 0 aliphatic carbocycles. The van der Waals surface area contributed by atoms with Crippen LogP contribution in [0.1, 0.15) is 11.1 Å². The van der Waals surface area contributed by atoms with Crippen LogP contribution >= 0.6 is 12.6 Å². The summed E-state index contributed by atoms with van der Waals surface area (Å²) in [5, 5.41) is -0.115. The average Bonchev–Trinajstić information content (AvgIpc) is 2.65. The van der Waals surface area contributed by atoms with E-state index in [2.05, 4.69) is 17.6 Å². The van der Waals surface area contributed by atoms with Crippen molar-refractivity contribution in [1.82, 2.24) is 4.90 Å². The van der Waals surface area contributed by atoms with Crippen LogP contribution < -0.4 is 0 Å². The fourth-order valence-electron chi connectivity index (χ4n) is 1.81. The van der Waals surface area contributed by atoms with Crippen molar-refractivity contribution in [1.29, 1.82) is 0 Å². The summed E-state index contributed by atoms with van der Waals surface area (Å²) in [6.45, 7) is 0.204. The number of carbonyl (C=O) groups is 2. The molecule has 130 valence electrons. The molecule has 0 unspecified atom stereocenters. The van der Waals surface area contributed by atoms with E-state index in [0.717, 1.165) is 16.0 Å². The first-order valence-electron chi connectivity index (χ1n) is 7.49. The Balaban J connectivity index is 1.82. The van der Waals surface area contributed by atoms with Crippen molar-refractivity contribution in [2.24, 2.45) is 4.99 Å². The predicted molar refractivity (Wildman–Crippen MR) is 97.4 cm³/mol. The molecule has 0 aliphatic rings. The molecule has 0 saturated heterocycles. The van der Waals surface area contributed by atoms with Gasteiger partial charge in [0.1, 0.15) is 13.2 Å². The Kier molecular flexibility index (Phi) is 7.03. The van der Waals surface area contributed by atoms with E-state index in [9.17, 15) is 9.59 Å². The summed E-state index contributed by atoms with van der Waals surface area (Å²) in [5.41, 5.74) is 1.69. The highest BCUT2D eigenvalue weighted by molar-refractivity contribution is 7.96. The number of amides is 2.